The average molecular weight is 319 g/mol. The van der Waals surface area contributed by atoms with Gasteiger partial charge in [-0.2, -0.15) is 0 Å². The van der Waals surface area contributed by atoms with E-state index in [-0.39, 0.29) is 11.7 Å². The zero-order chi connectivity index (χ0) is 15.8. The van der Waals surface area contributed by atoms with Crippen LogP contribution in [0.2, 0.25) is 0 Å². The fourth-order valence-corrected chi connectivity index (χ4v) is 2.57. The monoisotopic (exact) mass is 319 g/mol. The number of benzene rings is 1. The third-order valence-electron chi connectivity index (χ3n) is 3.01. The molecule has 1 heterocycles. The third-order valence-corrected chi connectivity index (χ3v) is 3.83. The number of thioether (sulfide) groups is 1. The standard InChI is InChI=1S/C16H21N3O2S/c1-3-5-10-21-14(20)11-22-16-18-13-9-7-6-8-12(13)15(19-16)17-4-2/h6-9H,3-5,10-11H2,1-2H3,(H,17,18,19). The molecule has 0 spiro atoms. The van der Waals surface area contributed by atoms with Crippen molar-refractivity contribution < 1.29 is 9.53 Å². The number of para-hydroxylation sites is 1. The van der Waals surface area contributed by atoms with E-state index in [0.717, 1.165) is 36.1 Å². The minimum atomic E-state index is -0.222. The number of nitrogens with one attached hydrogen (secondary N) is 1. The maximum atomic E-state index is 11.7. The number of ether oxygens (including phenoxy) is 1. The predicted molar refractivity (Wildman–Crippen MR) is 90.3 cm³/mol. The van der Waals surface area contributed by atoms with Crippen LogP contribution in [-0.4, -0.2) is 34.8 Å². The SMILES string of the molecule is CCCCOC(=O)CSc1nc(NCC)c2ccccc2n1. The first-order chi connectivity index (χ1) is 10.7. The van der Waals surface area contributed by atoms with Gasteiger partial charge in [0.1, 0.15) is 5.82 Å². The molecule has 0 saturated carbocycles. The summed E-state index contributed by atoms with van der Waals surface area (Å²) in [6.07, 6.45) is 1.91. The molecule has 118 valence electrons. The summed E-state index contributed by atoms with van der Waals surface area (Å²) >= 11 is 1.30. The molecule has 1 aromatic carbocycles. The second kappa shape index (κ2) is 8.58. The average Bonchev–Trinajstić information content (AvgIpc) is 2.53. The number of rotatable bonds is 8. The summed E-state index contributed by atoms with van der Waals surface area (Å²) in [7, 11) is 0. The molecule has 22 heavy (non-hydrogen) atoms. The molecule has 0 atom stereocenters. The number of aromatic nitrogens is 2. The number of hydrogen-bond donors (Lipinski definition) is 1. The third kappa shape index (κ3) is 4.59. The number of esters is 1. The molecule has 1 N–H and O–H groups in total. The van der Waals surface area contributed by atoms with Gasteiger partial charge in [-0.3, -0.25) is 4.79 Å². The van der Waals surface area contributed by atoms with Crippen LogP contribution in [0.25, 0.3) is 10.9 Å². The Morgan fingerprint density at radius 3 is 2.86 bits per heavy atom. The van der Waals surface area contributed by atoms with Crippen LogP contribution in [0, 0.1) is 0 Å². The molecule has 0 saturated heterocycles. The Balaban J connectivity index is 2.06. The first-order valence-electron chi connectivity index (χ1n) is 7.53. The number of hydrogen-bond acceptors (Lipinski definition) is 6. The molecule has 0 unspecified atom stereocenters. The van der Waals surface area contributed by atoms with Crippen molar-refractivity contribution in [2.24, 2.45) is 0 Å². The fourth-order valence-electron chi connectivity index (χ4n) is 1.92. The van der Waals surface area contributed by atoms with E-state index >= 15 is 0 Å². The highest BCUT2D eigenvalue weighted by atomic mass is 32.2. The van der Waals surface area contributed by atoms with Crippen molar-refractivity contribution in [3.8, 4) is 0 Å². The minimum Gasteiger partial charge on any atom is -0.465 e. The Morgan fingerprint density at radius 1 is 1.27 bits per heavy atom. The maximum absolute atomic E-state index is 11.7. The zero-order valence-corrected chi connectivity index (χ0v) is 13.8. The molecule has 0 aliphatic heterocycles. The largest absolute Gasteiger partial charge is 0.465 e. The topological polar surface area (TPSA) is 64.1 Å². The molecule has 0 radical (unpaired) electrons. The normalized spacial score (nSPS) is 10.6. The second-order valence-corrected chi connectivity index (χ2v) is 5.71. The fraction of sp³-hybridized carbons (Fsp3) is 0.438. The van der Waals surface area contributed by atoms with E-state index in [9.17, 15) is 4.79 Å². The molecule has 5 nitrogen and oxygen atoms in total. The lowest BCUT2D eigenvalue weighted by Gasteiger charge is -2.09. The molecule has 0 aliphatic carbocycles. The van der Waals surface area contributed by atoms with Crippen molar-refractivity contribution in [3.05, 3.63) is 24.3 Å². The van der Waals surface area contributed by atoms with Crippen LogP contribution in [0.5, 0.6) is 0 Å². The second-order valence-electron chi connectivity index (χ2n) is 4.76. The van der Waals surface area contributed by atoms with Gasteiger partial charge in [0.2, 0.25) is 0 Å². The summed E-state index contributed by atoms with van der Waals surface area (Å²) < 4.78 is 5.14. The van der Waals surface area contributed by atoms with Crippen LogP contribution in [0.4, 0.5) is 5.82 Å². The van der Waals surface area contributed by atoms with Crippen molar-refractivity contribution in [3.63, 3.8) is 0 Å². The molecule has 0 bridgehead atoms. The number of unbranched alkanes of at least 4 members (excludes halogenated alkanes) is 1. The highest BCUT2D eigenvalue weighted by Gasteiger charge is 2.10. The van der Waals surface area contributed by atoms with Crippen molar-refractivity contribution in [1.29, 1.82) is 0 Å². The van der Waals surface area contributed by atoms with Gasteiger partial charge in [0.15, 0.2) is 5.16 Å². The zero-order valence-electron chi connectivity index (χ0n) is 13.0. The molecule has 2 rings (SSSR count). The summed E-state index contributed by atoms with van der Waals surface area (Å²) in [5.74, 6) is 0.809. The number of carbonyl (C=O) groups is 1. The molecule has 1 aromatic heterocycles. The van der Waals surface area contributed by atoms with E-state index in [1.165, 1.54) is 11.8 Å². The van der Waals surface area contributed by atoms with E-state index in [1.54, 1.807) is 0 Å². The van der Waals surface area contributed by atoms with Crippen LogP contribution in [-0.2, 0) is 9.53 Å². The van der Waals surface area contributed by atoms with Gasteiger partial charge >= 0.3 is 5.97 Å². The van der Waals surface area contributed by atoms with Crippen LogP contribution in [0.1, 0.15) is 26.7 Å². The minimum absolute atomic E-state index is 0.222. The maximum Gasteiger partial charge on any atom is 0.316 e. The van der Waals surface area contributed by atoms with Gasteiger partial charge in [0.25, 0.3) is 0 Å². The van der Waals surface area contributed by atoms with E-state index in [2.05, 4.69) is 22.2 Å². The van der Waals surface area contributed by atoms with Gasteiger partial charge in [0.05, 0.1) is 17.9 Å². The van der Waals surface area contributed by atoms with Gasteiger partial charge < -0.3 is 10.1 Å². The first kappa shape index (κ1) is 16.5. The summed E-state index contributed by atoms with van der Waals surface area (Å²) in [4.78, 5) is 20.6. The van der Waals surface area contributed by atoms with E-state index in [1.807, 2.05) is 31.2 Å². The van der Waals surface area contributed by atoms with Crippen molar-refractivity contribution >= 4 is 34.5 Å². The quantitative estimate of drug-likeness (QED) is 0.348. The lowest BCUT2D eigenvalue weighted by Crippen LogP contribution is -2.09. The van der Waals surface area contributed by atoms with Gasteiger partial charge in [-0.05, 0) is 25.5 Å². The molecule has 2 aromatic rings. The number of carbonyl (C=O) groups excluding carboxylic acids is 1. The van der Waals surface area contributed by atoms with Crippen molar-refractivity contribution in [2.75, 3.05) is 24.2 Å². The Bertz CT molecular complexity index is 634. The highest BCUT2D eigenvalue weighted by molar-refractivity contribution is 7.99. The lowest BCUT2D eigenvalue weighted by atomic mass is 10.2. The Hall–Kier alpha value is -1.82. The summed E-state index contributed by atoms with van der Waals surface area (Å²) in [6.45, 7) is 5.35. The van der Waals surface area contributed by atoms with E-state index in [0.29, 0.717) is 11.8 Å². The summed E-state index contributed by atoms with van der Waals surface area (Å²) in [6, 6.07) is 7.84. The Morgan fingerprint density at radius 2 is 2.09 bits per heavy atom. The van der Waals surface area contributed by atoms with Crippen LogP contribution in [0.3, 0.4) is 0 Å². The van der Waals surface area contributed by atoms with Crippen LogP contribution < -0.4 is 5.32 Å². The summed E-state index contributed by atoms with van der Waals surface area (Å²) in [5.41, 5.74) is 0.871. The highest BCUT2D eigenvalue weighted by Crippen LogP contribution is 2.24. The Labute approximate surface area is 134 Å². The van der Waals surface area contributed by atoms with Crippen molar-refractivity contribution in [1.82, 2.24) is 9.97 Å². The molecule has 0 fully saturated rings. The molecule has 6 heteroatoms. The van der Waals surface area contributed by atoms with Crippen LogP contribution >= 0.6 is 11.8 Å². The van der Waals surface area contributed by atoms with E-state index < -0.39 is 0 Å². The number of nitrogens with zero attached hydrogens (tertiary/aromatic N) is 2. The van der Waals surface area contributed by atoms with E-state index in [4.69, 9.17) is 4.74 Å². The first-order valence-corrected chi connectivity index (χ1v) is 8.52. The predicted octanol–water partition coefficient (Wildman–Crippen LogP) is 3.50. The van der Waals surface area contributed by atoms with Gasteiger partial charge in [-0.1, -0.05) is 37.2 Å². The Kier molecular flexibility index (Phi) is 6.45. The summed E-state index contributed by atoms with van der Waals surface area (Å²) in [5, 5.41) is 4.81. The lowest BCUT2D eigenvalue weighted by molar-refractivity contribution is -0.140. The number of anilines is 1. The molecular formula is C16H21N3O2S. The smallest absolute Gasteiger partial charge is 0.316 e. The molecule has 0 aliphatic rings. The van der Waals surface area contributed by atoms with Gasteiger partial charge in [-0.25, -0.2) is 9.97 Å². The van der Waals surface area contributed by atoms with Gasteiger partial charge in [0, 0.05) is 11.9 Å². The molecule has 0 amide bonds. The van der Waals surface area contributed by atoms with Gasteiger partial charge in [-0.15, -0.1) is 0 Å². The molecular weight excluding hydrogens is 298 g/mol. The van der Waals surface area contributed by atoms with Crippen molar-refractivity contribution in [2.45, 2.75) is 31.8 Å². The van der Waals surface area contributed by atoms with Crippen LogP contribution in [0.15, 0.2) is 29.4 Å². The number of fused-ring (bicyclic) bond motifs is 1.